The molecule has 0 bridgehead atoms. The molecule has 3 rings (SSSR count). The Kier molecular flexibility index (Phi) is 3.03. The minimum atomic E-state index is -0.747. The summed E-state index contributed by atoms with van der Waals surface area (Å²) in [5.74, 6) is -0.281. The zero-order chi connectivity index (χ0) is 13.2. The first-order chi connectivity index (χ1) is 9.25. The Morgan fingerprint density at radius 3 is 3.21 bits per heavy atom. The fraction of sp³-hybridized carbons (Fsp3) is 0.286. The van der Waals surface area contributed by atoms with Gasteiger partial charge in [0.2, 0.25) is 5.95 Å². The van der Waals surface area contributed by atoms with Crippen molar-refractivity contribution in [2.45, 2.75) is 25.3 Å². The molecule has 1 atom stereocenters. The van der Waals surface area contributed by atoms with Crippen LogP contribution in [-0.2, 0) is 6.42 Å². The second kappa shape index (κ2) is 4.84. The molecule has 19 heavy (non-hydrogen) atoms. The maximum atomic E-state index is 13.4. The molecular formula is C14H13FN2O2. The van der Waals surface area contributed by atoms with Crippen molar-refractivity contribution >= 4 is 5.91 Å². The molecule has 0 fully saturated rings. The molecule has 0 aliphatic heterocycles. The number of rotatable bonds is 2. The fourth-order valence-corrected chi connectivity index (χ4v) is 2.43. The first kappa shape index (κ1) is 11.9. The van der Waals surface area contributed by atoms with Crippen LogP contribution in [0.5, 0.6) is 0 Å². The van der Waals surface area contributed by atoms with E-state index in [0.717, 1.165) is 30.6 Å². The smallest absolute Gasteiger partial charge is 0.256 e. The van der Waals surface area contributed by atoms with Gasteiger partial charge in [0.1, 0.15) is 5.76 Å². The molecule has 0 aromatic carbocycles. The van der Waals surface area contributed by atoms with E-state index in [1.165, 1.54) is 12.3 Å². The van der Waals surface area contributed by atoms with E-state index < -0.39 is 11.9 Å². The number of pyridine rings is 1. The number of halogens is 1. The molecule has 1 aliphatic rings. The van der Waals surface area contributed by atoms with Crippen LogP contribution in [-0.4, -0.2) is 10.9 Å². The summed E-state index contributed by atoms with van der Waals surface area (Å²) in [6, 6.07) is 4.72. The second-order valence-electron chi connectivity index (χ2n) is 4.56. The van der Waals surface area contributed by atoms with Gasteiger partial charge in [-0.05, 0) is 31.0 Å². The van der Waals surface area contributed by atoms with Crippen LogP contribution in [0.2, 0.25) is 0 Å². The lowest BCUT2D eigenvalue weighted by atomic mass is 9.93. The van der Waals surface area contributed by atoms with E-state index in [2.05, 4.69) is 10.3 Å². The van der Waals surface area contributed by atoms with Gasteiger partial charge in [-0.3, -0.25) is 4.79 Å². The van der Waals surface area contributed by atoms with E-state index in [0.29, 0.717) is 0 Å². The number of furan rings is 1. The summed E-state index contributed by atoms with van der Waals surface area (Å²) in [7, 11) is 0. The summed E-state index contributed by atoms with van der Waals surface area (Å²) < 4.78 is 18.8. The van der Waals surface area contributed by atoms with Gasteiger partial charge in [-0.15, -0.1) is 0 Å². The number of nitrogens with zero attached hydrogens (tertiary/aromatic N) is 1. The van der Waals surface area contributed by atoms with Crippen LogP contribution in [0.1, 0.15) is 40.6 Å². The first-order valence-electron chi connectivity index (χ1n) is 6.23. The Labute approximate surface area is 109 Å². The van der Waals surface area contributed by atoms with Crippen LogP contribution in [0.4, 0.5) is 4.39 Å². The minimum Gasteiger partial charge on any atom is -0.469 e. The Balaban J connectivity index is 1.80. The van der Waals surface area contributed by atoms with E-state index in [1.807, 2.05) is 6.07 Å². The molecule has 98 valence electrons. The molecule has 1 aliphatic carbocycles. The maximum Gasteiger partial charge on any atom is 0.256 e. The van der Waals surface area contributed by atoms with Gasteiger partial charge in [-0.2, -0.15) is 4.39 Å². The van der Waals surface area contributed by atoms with Crippen molar-refractivity contribution in [1.29, 1.82) is 0 Å². The molecule has 5 heteroatoms. The highest BCUT2D eigenvalue weighted by Crippen LogP contribution is 2.30. The standard InChI is InChI=1S/C14H13FN2O2/c15-13-10(3-2-7-16-13)14(18)17-11-4-1-5-12-9(11)6-8-19-12/h2-3,6-8,11H,1,4-5H2,(H,17,18). The van der Waals surface area contributed by atoms with Crippen molar-refractivity contribution in [3.8, 4) is 0 Å². The van der Waals surface area contributed by atoms with Crippen LogP contribution in [0.15, 0.2) is 35.1 Å². The summed E-state index contributed by atoms with van der Waals surface area (Å²) in [6.45, 7) is 0. The minimum absolute atomic E-state index is 0.0295. The molecule has 2 aromatic heterocycles. The summed E-state index contributed by atoms with van der Waals surface area (Å²) in [5.41, 5.74) is 0.960. The lowest BCUT2D eigenvalue weighted by molar-refractivity contribution is 0.0927. The van der Waals surface area contributed by atoms with E-state index in [9.17, 15) is 9.18 Å². The van der Waals surface area contributed by atoms with Crippen LogP contribution < -0.4 is 5.32 Å². The van der Waals surface area contributed by atoms with Crippen molar-refractivity contribution in [2.24, 2.45) is 0 Å². The van der Waals surface area contributed by atoms with Crippen molar-refractivity contribution in [1.82, 2.24) is 10.3 Å². The molecule has 0 radical (unpaired) electrons. The Morgan fingerprint density at radius 2 is 2.37 bits per heavy atom. The number of fused-ring (bicyclic) bond motifs is 1. The molecule has 0 saturated heterocycles. The Bertz CT molecular complexity index is 609. The zero-order valence-corrected chi connectivity index (χ0v) is 10.2. The number of amides is 1. The number of nitrogens with one attached hydrogen (secondary N) is 1. The average Bonchev–Trinajstić information content (AvgIpc) is 2.88. The fourth-order valence-electron chi connectivity index (χ4n) is 2.43. The van der Waals surface area contributed by atoms with Crippen molar-refractivity contribution in [3.05, 3.63) is 53.5 Å². The van der Waals surface area contributed by atoms with Gasteiger partial charge in [-0.25, -0.2) is 4.98 Å². The normalized spacial score (nSPS) is 17.8. The van der Waals surface area contributed by atoms with Gasteiger partial charge in [-0.1, -0.05) is 0 Å². The number of hydrogen-bond donors (Lipinski definition) is 1. The highest BCUT2D eigenvalue weighted by Gasteiger charge is 2.25. The molecule has 1 amide bonds. The molecule has 1 unspecified atom stereocenters. The maximum absolute atomic E-state index is 13.4. The highest BCUT2D eigenvalue weighted by atomic mass is 19.1. The lowest BCUT2D eigenvalue weighted by Gasteiger charge is -2.22. The topological polar surface area (TPSA) is 55.1 Å². The number of aryl methyl sites for hydroxylation is 1. The van der Waals surface area contributed by atoms with E-state index in [4.69, 9.17) is 4.42 Å². The molecule has 2 aromatic rings. The first-order valence-corrected chi connectivity index (χ1v) is 6.23. The molecule has 2 heterocycles. The lowest BCUT2D eigenvalue weighted by Crippen LogP contribution is -2.31. The molecule has 0 saturated carbocycles. The average molecular weight is 260 g/mol. The monoisotopic (exact) mass is 260 g/mol. The highest BCUT2D eigenvalue weighted by molar-refractivity contribution is 5.94. The summed E-state index contributed by atoms with van der Waals surface area (Å²) in [5, 5.41) is 2.84. The number of carbonyl (C=O) groups excluding carboxylic acids is 1. The number of carbonyl (C=O) groups is 1. The van der Waals surface area contributed by atoms with Crippen molar-refractivity contribution < 1.29 is 13.6 Å². The van der Waals surface area contributed by atoms with E-state index in [1.54, 1.807) is 12.3 Å². The van der Waals surface area contributed by atoms with Crippen molar-refractivity contribution in [3.63, 3.8) is 0 Å². The summed E-state index contributed by atoms with van der Waals surface area (Å²) in [4.78, 5) is 15.5. The number of aromatic nitrogens is 1. The third-order valence-electron chi connectivity index (χ3n) is 3.36. The molecule has 0 spiro atoms. The van der Waals surface area contributed by atoms with Crippen LogP contribution in [0, 0.1) is 5.95 Å². The molecule has 4 nitrogen and oxygen atoms in total. The summed E-state index contributed by atoms with van der Waals surface area (Å²) in [6.07, 6.45) is 5.61. The Hall–Kier alpha value is -2.17. The van der Waals surface area contributed by atoms with Crippen LogP contribution >= 0.6 is 0 Å². The predicted molar refractivity (Wildman–Crippen MR) is 66.0 cm³/mol. The molecule has 1 N–H and O–H groups in total. The van der Waals surface area contributed by atoms with Gasteiger partial charge in [0, 0.05) is 18.2 Å². The number of hydrogen-bond acceptors (Lipinski definition) is 3. The van der Waals surface area contributed by atoms with Gasteiger partial charge in [0.15, 0.2) is 0 Å². The zero-order valence-electron chi connectivity index (χ0n) is 10.2. The van der Waals surface area contributed by atoms with E-state index in [-0.39, 0.29) is 11.6 Å². The third kappa shape index (κ3) is 2.23. The SMILES string of the molecule is O=C(NC1CCCc2occc21)c1cccnc1F. The van der Waals surface area contributed by atoms with Gasteiger partial charge >= 0.3 is 0 Å². The molecular weight excluding hydrogens is 247 g/mol. The van der Waals surface area contributed by atoms with E-state index >= 15 is 0 Å². The van der Waals surface area contributed by atoms with Gasteiger partial charge in [0.05, 0.1) is 17.9 Å². The second-order valence-corrected chi connectivity index (χ2v) is 4.56. The van der Waals surface area contributed by atoms with Gasteiger partial charge in [0.25, 0.3) is 5.91 Å². The Morgan fingerprint density at radius 1 is 1.47 bits per heavy atom. The quantitative estimate of drug-likeness (QED) is 0.844. The van der Waals surface area contributed by atoms with Crippen molar-refractivity contribution in [2.75, 3.05) is 0 Å². The van der Waals surface area contributed by atoms with Crippen LogP contribution in [0.3, 0.4) is 0 Å². The van der Waals surface area contributed by atoms with Gasteiger partial charge < -0.3 is 9.73 Å². The van der Waals surface area contributed by atoms with Crippen LogP contribution in [0.25, 0.3) is 0 Å². The predicted octanol–water partition coefficient (Wildman–Crippen LogP) is 2.62. The summed E-state index contributed by atoms with van der Waals surface area (Å²) >= 11 is 0. The third-order valence-corrected chi connectivity index (χ3v) is 3.36. The largest absolute Gasteiger partial charge is 0.469 e.